The molecule has 0 spiro atoms. The molecular formula is C17H23N3O2. The number of aliphatic hydroxyl groups is 1. The van der Waals surface area contributed by atoms with Crippen molar-refractivity contribution >= 4 is 5.91 Å². The molecule has 5 heteroatoms. The fourth-order valence-corrected chi connectivity index (χ4v) is 2.17. The zero-order valence-electron chi connectivity index (χ0n) is 13.5. The molecule has 118 valence electrons. The van der Waals surface area contributed by atoms with Gasteiger partial charge < -0.3 is 10.4 Å². The third-order valence-electron chi connectivity index (χ3n) is 3.79. The van der Waals surface area contributed by atoms with Crippen molar-refractivity contribution < 1.29 is 9.90 Å². The number of nitrogens with zero attached hydrogens (tertiary/aromatic N) is 2. The number of aromatic nitrogens is 2. The lowest BCUT2D eigenvalue weighted by molar-refractivity contribution is 0.0910. The number of aliphatic hydroxyl groups excluding tert-OH is 1. The summed E-state index contributed by atoms with van der Waals surface area (Å²) in [5.74, 6) is 0.180. The normalized spacial score (nSPS) is 12.5. The molecule has 1 atom stereocenters. The second-order valence-corrected chi connectivity index (χ2v) is 5.84. The molecule has 1 heterocycles. The number of rotatable bonds is 5. The first-order valence-corrected chi connectivity index (χ1v) is 7.45. The minimum Gasteiger partial charge on any atom is -0.387 e. The Bertz CT molecular complexity index is 625. The summed E-state index contributed by atoms with van der Waals surface area (Å²) in [6, 6.07) is 9.54. The summed E-state index contributed by atoms with van der Waals surface area (Å²) in [7, 11) is 1.79. The van der Waals surface area contributed by atoms with Crippen molar-refractivity contribution in [2.24, 2.45) is 7.05 Å². The Hall–Kier alpha value is -2.14. The summed E-state index contributed by atoms with van der Waals surface area (Å²) in [5.41, 5.74) is 3.29. The molecule has 1 aromatic heterocycles. The summed E-state index contributed by atoms with van der Waals surface area (Å²) in [6.45, 7) is 6.30. The van der Waals surface area contributed by atoms with E-state index in [9.17, 15) is 9.90 Å². The topological polar surface area (TPSA) is 67.2 Å². The maximum absolute atomic E-state index is 12.0. The Kier molecular flexibility index (Phi) is 4.98. The van der Waals surface area contributed by atoms with E-state index in [4.69, 9.17) is 0 Å². The van der Waals surface area contributed by atoms with Gasteiger partial charge in [-0.3, -0.25) is 9.48 Å². The highest BCUT2D eigenvalue weighted by Gasteiger charge is 2.14. The minimum absolute atomic E-state index is 0.162. The van der Waals surface area contributed by atoms with Gasteiger partial charge in [-0.2, -0.15) is 5.10 Å². The van der Waals surface area contributed by atoms with Crippen LogP contribution in [-0.4, -0.2) is 27.3 Å². The fourth-order valence-electron chi connectivity index (χ4n) is 2.17. The molecule has 0 bridgehead atoms. The smallest absolute Gasteiger partial charge is 0.271 e. The van der Waals surface area contributed by atoms with Crippen LogP contribution in [0.1, 0.15) is 53.2 Å². The molecule has 0 saturated carbocycles. The zero-order valence-corrected chi connectivity index (χ0v) is 13.5. The van der Waals surface area contributed by atoms with Gasteiger partial charge in [0, 0.05) is 19.3 Å². The van der Waals surface area contributed by atoms with Crippen LogP contribution in [0.3, 0.4) is 0 Å². The lowest BCUT2D eigenvalue weighted by Gasteiger charge is -2.13. The number of amides is 1. The van der Waals surface area contributed by atoms with Gasteiger partial charge in [-0.25, -0.2) is 0 Å². The van der Waals surface area contributed by atoms with E-state index in [0.717, 1.165) is 11.3 Å². The van der Waals surface area contributed by atoms with E-state index >= 15 is 0 Å². The van der Waals surface area contributed by atoms with Crippen LogP contribution in [-0.2, 0) is 7.05 Å². The first-order chi connectivity index (χ1) is 10.4. The van der Waals surface area contributed by atoms with Crippen molar-refractivity contribution in [1.29, 1.82) is 0 Å². The van der Waals surface area contributed by atoms with Crippen LogP contribution in [0.15, 0.2) is 30.3 Å². The third-order valence-corrected chi connectivity index (χ3v) is 3.79. The van der Waals surface area contributed by atoms with Gasteiger partial charge in [-0.1, -0.05) is 38.1 Å². The third kappa shape index (κ3) is 3.74. The first kappa shape index (κ1) is 16.2. The quantitative estimate of drug-likeness (QED) is 0.890. The highest BCUT2D eigenvalue weighted by Crippen LogP contribution is 2.18. The molecule has 2 N–H and O–H groups in total. The van der Waals surface area contributed by atoms with Crippen LogP contribution in [0, 0.1) is 6.92 Å². The highest BCUT2D eigenvalue weighted by molar-refractivity contribution is 5.92. The molecule has 0 aliphatic rings. The van der Waals surface area contributed by atoms with Crippen LogP contribution < -0.4 is 5.32 Å². The summed E-state index contributed by atoms with van der Waals surface area (Å²) >= 11 is 0. The summed E-state index contributed by atoms with van der Waals surface area (Å²) in [6.07, 6.45) is -0.727. The molecule has 22 heavy (non-hydrogen) atoms. The first-order valence-electron chi connectivity index (χ1n) is 7.45. The number of aryl methyl sites for hydroxylation is 2. The van der Waals surface area contributed by atoms with Gasteiger partial charge in [0.05, 0.1) is 6.10 Å². The maximum Gasteiger partial charge on any atom is 0.271 e. The lowest BCUT2D eigenvalue weighted by atomic mass is 10.00. The molecule has 1 aromatic carbocycles. The Morgan fingerprint density at radius 3 is 2.36 bits per heavy atom. The molecule has 1 amide bonds. The van der Waals surface area contributed by atoms with Crippen LogP contribution in [0.25, 0.3) is 0 Å². The highest BCUT2D eigenvalue weighted by atomic mass is 16.3. The van der Waals surface area contributed by atoms with Crippen LogP contribution in [0.5, 0.6) is 0 Å². The van der Waals surface area contributed by atoms with Crippen molar-refractivity contribution in [2.45, 2.75) is 32.8 Å². The lowest BCUT2D eigenvalue weighted by Crippen LogP contribution is -2.28. The predicted molar refractivity (Wildman–Crippen MR) is 85.8 cm³/mol. The Labute approximate surface area is 131 Å². The van der Waals surface area contributed by atoms with E-state index in [1.165, 1.54) is 5.56 Å². The van der Waals surface area contributed by atoms with Gasteiger partial charge >= 0.3 is 0 Å². The average Bonchev–Trinajstić information content (AvgIpc) is 2.84. The molecule has 5 nitrogen and oxygen atoms in total. The van der Waals surface area contributed by atoms with Crippen molar-refractivity contribution in [3.63, 3.8) is 0 Å². The predicted octanol–water partition coefficient (Wildman–Crippen LogP) is 2.32. The molecule has 0 fully saturated rings. The maximum atomic E-state index is 12.0. The van der Waals surface area contributed by atoms with Crippen molar-refractivity contribution in [2.75, 3.05) is 6.54 Å². The van der Waals surface area contributed by atoms with E-state index in [0.29, 0.717) is 11.6 Å². The van der Waals surface area contributed by atoms with Gasteiger partial charge in [0.1, 0.15) is 5.69 Å². The monoisotopic (exact) mass is 301 g/mol. The van der Waals surface area contributed by atoms with Gasteiger partial charge in [-0.15, -0.1) is 0 Å². The SMILES string of the molecule is Cc1cc(C(=O)NCC(O)c2ccc(C(C)C)cc2)nn1C. The molecule has 0 saturated heterocycles. The summed E-state index contributed by atoms with van der Waals surface area (Å²) in [5, 5.41) is 17.0. The standard InChI is InChI=1S/C17H23N3O2/c1-11(2)13-5-7-14(8-6-13)16(21)10-18-17(22)15-9-12(3)20(4)19-15/h5-9,11,16,21H,10H2,1-4H3,(H,18,22). The van der Waals surface area contributed by atoms with E-state index in [1.54, 1.807) is 17.8 Å². The number of benzene rings is 1. The minimum atomic E-state index is -0.727. The molecule has 1 unspecified atom stereocenters. The van der Waals surface area contributed by atoms with Crippen LogP contribution in [0.2, 0.25) is 0 Å². The van der Waals surface area contributed by atoms with E-state index in [1.807, 2.05) is 31.2 Å². The Morgan fingerprint density at radius 1 is 1.27 bits per heavy atom. The van der Waals surface area contributed by atoms with E-state index < -0.39 is 6.10 Å². The second kappa shape index (κ2) is 6.75. The van der Waals surface area contributed by atoms with Gasteiger partial charge in [0.2, 0.25) is 0 Å². The zero-order chi connectivity index (χ0) is 16.3. The molecular weight excluding hydrogens is 278 g/mol. The molecule has 2 aromatic rings. The second-order valence-electron chi connectivity index (χ2n) is 5.84. The molecule has 0 radical (unpaired) electrons. The number of carbonyl (C=O) groups is 1. The summed E-state index contributed by atoms with van der Waals surface area (Å²) < 4.78 is 1.65. The van der Waals surface area contributed by atoms with E-state index in [2.05, 4.69) is 24.3 Å². The molecule has 0 aliphatic carbocycles. The number of hydrogen-bond acceptors (Lipinski definition) is 3. The Morgan fingerprint density at radius 2 is 1.86 bits per heavy atom. The van der Waals surface area contributed by atoms with Gasteiger partial charge in [-0.05, 0) is 30.0 Å². The summed E-state index contributed by atoms with van der Waals surface area (Å²) in [4.78, 5) is 12.0. The Balaban J connectivity index is 1.94. The largest absolute Gasteiger partial charge is 0.387 e. The number of carbonyl (C=O) groups excluding carboxylic acids is 1. The van der Waals surface area contributed by atoms with Gasteiger partial charge in [0.15, 0.2) is 0 Å². The van der Waals surface area contributed by atoms with Crippen molar-refractivity contribution in [1.82, 2.24) is 15.1 Å². The number of nitrogens with one attached hydrogen (secondary N) is 1. The van der Waals surface area contributed by atoms with Crippen LogP contribution >= 0.6 is 0 Å². The average molecular weight is 301 g/mol. The fraction of sp³-hybridized carbons (Fsp3) is 0.412. The van der Waals surface area contributed by atoms with E-state index in [-0.39, 0.29) is 12.5 Å². The van der Waals surface area contributed by atoms with Gasteiger partial charge in [0.25, 0.3) is 5.91 Å². The van der Waals surface area contributed by atoms with Crippen molar-refractivity contribution in [3.8, 4) is 0 Å². The molecule has 0 aliphatic heterocycles. The molecule has 2 rings (SSSR count). The van der Waals surface area contributed by atoms with Crippen LogP contribution in [0.4, 0.5) is 0 Å². The number of hydrogen-bond donors (Lipinski definition) is 2. The van der Waals surface area contributed by atoms with Crippen molar-refractivity contribution in [3.05, 3.63) is 52.8 Å².